The number of alkyl halides is 3. The molecular weight excluding hydrogens is 547 g/mol. The first-order valence-electron chi connectivity index (χ1n) is 12.6. The van der Waals surface area contributed by atoms with Crippen LogP contribution in [-0.2, 0) is 16.1 Å². The van der Waals surface area contributed by atoms with Gasteiger partial charge in [-0.25, -0.2) is 14.6 Å². The molecule has 41 heavy (non-hydrogen) atoms. The Morgan fingerprint density at radius 3 is 2.15 bits per heavy atom. The van der Waals surface area contributed by atoms with Crippen LogP contribution in [0.1, 0.15) is 29.8 Å². The Hall–Kier alpha value is -4.33. The van der Waals surface area contributed by atoms with Gasteiger partial charge in [-0.05, 0) is 55.8 Å². The summed E-state index contributed by atoms with van der Waals surface area (Å²) in [6, 6.07) is 14.5. The number of nitrogens with zero attached hydrogens (tertiary/aromatic N) is 3. The van der Waals surface area contributed by atoms with Gasteiger partial charge in [0.2, 0.25) is 5.91 Å². The Bertz CT molecular complexity index is 1200. The highest BCUT2D eigenvalue weighted by atomic mass is 19.4. The fraction of sp³-hybridized carbons (Fsp3) is 0.407. The number of guanidine groups is 1. The second kappa shape index (κ2) is 15.5. The standard InChI is InChI=1S/C25H33N5O4.C2HF3O2/c1-18(2)27-23(31)17-29-11-13-30(14-12-29)25(26-16-19-5-4-6-22(15-19)34-3)28-21-9-7-20(8-10-21)24(32)33;3-2(4,5)1(6)7/h4-10,15,18H,11-14,16-17H2,1-3H3,(H,26,28)(H,27,31)(H,32,33);(H,6,7). The van der Waals surface area contributed by atoms with Crippen molar-refractivity contribution in [3.8, 4) is 5.75 Å². The van der Waals surface area contributed by atoms with Gasteiger partial charge in [0.15, 0.2) is 5.96 Å². The van der Waals surface area contributed by atoms with Crippen LogP contribution in [0, 0.1) is 0 Å². The molecule has 1 heterocycles. The number of carbonyl (C=O) groups excluding carboxylic acids is 1. The molecule has 3 rings (SSSR count). The Morgan fingerprint density at radius 1 is 1.02 bits per heavy atom. The Labute approximate surface area is 235 Å². The molecule has 224 valence electrons. The number of hydrogen-bond acceptors (Lipinski definition) is 6. The van der Waals surface area contributed by atoms with Crippen molar-refractivity contribution < 1.29 is 42.5 Å². The molecule has 0 unspecified atom stereocenters. The normalized spacial score (nSPS) is 14.1. The Morgan fingerprint density at radius 2 is 1.63 bits per heavy atom. The van der Waals surface area contributed by atoms with Crippen molar-refractivity contribution in [1.82, 2.24) is 15.1 Å². The van der Waals surface area contributed by atoms with Gasteiger partial charge in [-0.2, -0.15) is 13.2 Å². The lowest BCUT2D eigenvalue weighted by atomic mass is 10.2. The summed E-state index contributed by atoms with van der Waals surface area (Å²) < 4.78 is 37.0. The summed E-state index contributed by atoms with van der Waals surface area (Å²) in [6.45, 7) is 7.66. The van der Waals surface area contributed by atoms with Crippen LogP contribution in [0.15, 0.2) is 53.5 Å². The number of carbonyl (C=O) groups is 3. The van der Waals surface area contributed by atoms with Gasteiger partial charge in [0.25, 0.3) is 0 Å². The van der Waals surface area contributed by atoms with E-state index < -0.39 is 18.1 Å². The third-order valence-corrected chi connectivity index (χ3v) is 5.66. The molecular formula is C27H34F3N5O6. The minimum absolute atomic E-state index is 0.0343. The molecule has 0 bridgehead atoms. The van der Waals surface area contributed by atoms with E-state index in [4.69, 9.17) is 24.7 Å². The summed E-state index contributed by atoms with van der Waals surface area (Å²) in [5.41, 5.74) is 2.01. The van der Waals surface area contributed by atoms with Gasteiger partial charge in [0, 0.05) is 37.9 Å². The van der Waals surface area contributed by atoms with Gasteiger partial charge >= 0.3 is 18.1 Å². The van der Waals surface area contributed by atoms with E-state index in [0.717, 1.165) is 30.1 Å². The number of aliphatic carboxylic acids is 1. The second-order valence-electron chi connectivity index (χ2n) is 9.29. The smallest absolute Gasteiger partial charge is 0.490 e. The minimum Gasteiger partial charge on any atom is -0.497 e. The third kappa shape index (κ3) is 11.7. The van der Waals surface area contributed by atoms with Crippen molar-refractivity contribution in [3.63, 3.8) is 0 Å². The molecule has 1 amide bonds. The number of hydrogen-bond donors (Lipinski definition) is 4. The first-order chi connectivity index (χ1) is 19.3. The lowest BCUT2D eigenvalue weighted by Gasteiger charge is -2.36. The average molecular weight is 582 g/mol. The molecule has 1 saturated heterocycles. The molecule has 0 radical (unpaired) electrons. The number of aromatic carboxylic acids is 1. The minimum atomic E-state index is -5.08. The number of nitrogens with one attached hydrogen (secondary N) is 2. The molecule has 0 spiro atoms. The molecule has 11 nitrogen and oxygen atoms in total. The van der Waals surface area contributed by atoms with Gasteiger partial charge in [0.05, 0.1) is 25.8 Å². The fourth-order valence-corrected chi connectivity index (χ4v) is 3.67. The number of halogens is 3. The van der Waals surface area contributed by atoms with Gasteiger partial charge in [0.1, 0.15) is 5.75 Å². The first kappa shape index (κ1) is 32.9. The van der Waals surface area contributed by atoms with Crippen molar-refractivity contribution in [2.45, 2.75) is 32.6 Å². The van der Waals surface area contributed by atoms with Crippen LogP contribution in [0.4, 0.5) is 18.9 Å². The van der Waals surface area contributed by atoms with Crippen LogP contribution in [0.25, 0.3) is 0 Å². The van der Waals surface area contributed by atoms with E-state index >= 15 is 0 Å². The zero-order chi connectivity index (χ0) is 30.6. The van der Waals surface area contributed by atoms with Crippen LogP contribution in [0.2, 0.25) is 0 Å². The lowest BCUT2D eigenvalue weighted by molar-refractivity contribution is -0.192. The summed E-state index contributed by atoms with van der Waals surface area (Å²) in [4.78, 5) is 41.3. The van der Waals surface area contributed by atoms with Gasteiger partial charge in [-0.3, -0.25) is 9.69 Å². The Balaban J connectivity index is 0.000000745. The number of ether oxygens (including phenoxy) is 1. The highest BCUT2D eigenvalue weighted by Crippen LogP contribution is 2.16. The molecule has 2 aromatic carbocycles. The summed E-state index contributed by atoms with van der Waals surface area (Å²) in [5.74, 6) is -2.20. The number of amides is 1. The van der Waals surface area contributed by atoms with Gasteiger partial charge in [-0.15, -0.1) is 0 Å². The summed E-state index contributed by atoms with van der Waals surface area (Å²) in [5, 5.41) is 22.6. The average Bonchev–Trinajstić information content (AvgIpc) is 2.91. The maximum Gasteiger partial charge on any atom is 0.490 e. The number of carboxylic acids is 2. The van der Waals surface area contributed by atoms with E-state index in [1.165, 1.54) is 0 Å². The van der Waals surface area contributed by atoms with Crippen molar-refractivity contribution in [2.75, 3.05) is 45.2 Å². The number of methoxy groups -OCH3 is 1. The van der Waals surface area contributed by atoms with E-state index in [1.807, 2.05) is 38.1 Å². The predicted octanol–water partition coefficient (Wildman–Crippen LogP) is 3.14. The number of piperazine rings is 1. The van der Waals surface area contributed by atoms with E-state index in [-0.39, 0.29) is 17.5 Å². The molecule has 1 aliphatic heterocycles. The molecule has 1 fully saturated rings. The third-order valence-electron chi connectivity index (χ3n) is 5.66. The number of aliphatic imine (C=N–C) groups is 1. The quantitative estimate of drug-likeness (QED) is 0.273. The largest absolute Gasteiger partial charge is 0.497 e. The molecule has 14 heteroatoms. The molecule has 0 aromatic heterocycles. The predicted molar refractivity (Wildman–Crippen MR) is 146 cm³/mol. The number of carboxylic acid groups (broad SMARTS) is 2. The molecule has 1 aliphatic rings. The maximum absolute atomic E-state index is 12.1. The number of benzene rings is 2. The lowest BCUT2D eigenvalue weighted by Crippen LogP contribution is -2.53. The van der Waals surface area contributed by atoms with E-state index in [0.29, 0.717) is 32.1 Å². The maximum atomic E-state index is 12.1. The topological polar surface area (TPSA) is 144 Å². The van der Waals surface area contributed by atoms with E-state index in [1.54, 1.807) is 31.4 Å². The van der Waals surface area contributed by atoms with E-state index in [9.17, 15) is 22.8 Å². The Kier molecular flexibility index (Phi) is 12.4. The van der Waals surface area contributed by atoms with Gasteiger partial charge in [-0.1, -0.05) is 12.1 Å². The number of anilines is 1. The van der Waals surface area contributed by atoms with Crippen molar-refractivity contribution >= 4 is 29.5 Å². The van der Waals surface area contributed by atoms with Gasteiger partial charge < -0.3 is 30.5 Å². The fourth-order valence-electron chi connectivity index (χ4n) is 3.67. The van der Waals surface area contributed by atoms with Crippen LogP contribution < -0.4 is 15.4 Å². The highest BCUT2D eigenvalue weighted by molar-refractivity contribution is 5.94. The first-order valence-corrected chi connectivity index (χ1v) is 12.6. The van der Waals surface area contributed by atoms with Crippen molar-refractivity contribution in [3.05, 3.63) is 59.7 Å². The van der Waals surface area contributed by atoms with Crippen LogP contribution in [0.3, 0.4) is 0 Å². The highest BCUT2D eigenvalue weighted by Gasteiger charge is 2.38. The van der Waals surface area contributed by atoms with Crippen molar-refractivity contribution in [1.29, 1.82) is 0 Å². The SMILES string of the molecule is COc1cccc(CN=C(Nc2ccc(C(=O)O)cc2)N2CCN(CC(=O)NC(C)C)CC2)c1.O=C(O)C(F)(F)F. The zero-order valence-corrected chi connectivity index (χ0v) is 22.9. The van der Waals surface area contributed by atoms with Crippen LogP contribution >= 0.6 is 0 Å². The van der Waals surface area contributed by atoms with Crippen LogP contribution in [0.5, 0.6) is 5.75 Å². The second-order valence-corrected chi connectivity index (χ2v) is 9.29. The number of rotatable bonds is 8. The molecule has 0 saturated carbocycles. The summed E-state index contributed by atoms with van der Waals surface area (Å²) in [7, 11) is 1.64. The zero-order valence-electron chi connectivity index (χ0n) is 22.9. The summed E-state index contributed by atoms with van der Waals surface area (Å²) >= 11 is 0. The molecule has 2 aromatic rings. The summed E-state index contributed by atoms with van der Waals surface area (Å²) in [6.07, 6.45) is -5.08. The van der Waals surface area contributed by atoms with E-state index in [2.05, 4.69) is 20.4 Å². The molecule has 0 aliphatic carbocycles. The molecule has 4 N–H and O–H groups in total. The molecule has 0 atom stereocenters. The van der Waals surface area contributed by atoms with Crippen LogP contribution in [-0.4, -0.2) is 95.9 Å². The monoisotopic (exact) mass is 581 g/mol. The van der Waals surface area contributed by atoms with Crippen molar-refractivity contribution in [2.24, 2.45) is 4.99 Å².